The number of ketones is 1. The first-order valence-electron chi connectivity index (χ1n) is 15.0. The van der Waals surface area contributed by atoms with Crippen LogP contribution in [0, 0.1) is 6.92 Å². The summed E-state index contributed by atoms with van der Waals surface area (Å²) in [4.78, 5) is 27.0. The maximum atomic E-state index is 14.1. The fourth-order valence-electron chi connectivity index (χ4n) is 6.42. The number of phenols is 2. The second-order valence-electron chi connectivity index (χ2n) is 12.0. The Hall–Kier alpha value is -4.16. The summed E-state index contributed by atoms with van der Waals surface area (Å²) in [6.45, 7) is 0.863. The highest BCUT2D eigenvalue weighted by molar-refractivity contribution is 6.16. The number of rotatable bonds is 6. The second kappa shape index (κ2) is 13.0. The maximum absolute atomic E-state index is 14.1. The lowest BCUT2D eigenvalue weighted by Crippen LogP contribution is -2.60. The molecule has 2 saturated heterocycles. The van der Waals surface area contributed by atoms with Gasteiger partial charge in [-0.3, -0.25) is 4.79 Å². The molecule has 3 aromatic rings. The molecule has 0 unspecified atom stereocenters. The van der Waals surface area contributed by atoms with Crippen LogP contribution in [0.4, 0.5) is 0 Å². The van der Waals surface area contributed by atoms with Crippen molar-refractivity contribution < 1.29 is 74.5 Å². The van der Waals surface area contributed by atoms with E-state index in [1.165, 1.54) is 24.3 Å². The van der Waals surface area contributed by atoms with Gasteiger partial charge in [0.25, 0.3) is 0 Å². The van der Waals surface area contributed by atoms with E-state index in [4.69, 9.17) is 18.9 Å². The monoisotopic (exact) mass is 670 g/mol. The molecule has 0 spiro atoms. The Morgan fingerprint density at radius 3 is 2.10 bits per heavy atom. The summed E-state index contributed by atoms with van der Waals surface area (Å²) in [5, 5.41) is 95.1. The molecular weight excluding hydrogens is 636 g/mol. The molecule has 2 aliphatic heterocycles. The molecule has 0 amide bonds. The van der Waals surface area contributed by atoms with Gasteiger partial charge in [-0.2, -0.15) is 0 Å². The molecule has 256 valence electrons. The Labute approximate surface area is 272 Å². The first-order chi connectivity index (χ1) is 22.8. The van der Waals surface area contributed by atoms with Crippen LogP contribution in [0.3, 0.4) is 0 Å². The number of aliphatic hydroxyl groups is 7. The molecular formula is C33H34O15. The van der Waals surface area contributed by atoms with Gasteiger partial charge in [-0.05, 0) is 47.9 Å². The summed E-state index contributed by atoms with van der Waals surface area (Å²) in [6, 6.07) is 12.7. The standard InChI is InChI=1S/C33H34O15/c1-12-7-15-20(30-27(41)26(40)29(43)33(47-30)48-31(44)13-5-3-2-4-6-13)16-9-14(35)10-17(36)21(16)24(38)22(15)18(8-12)45-32-28(42)25(39)23(37)19(11-34)46-32/h2-10,19-20,23,25-30,32-37,39-43H,11H2,1H3/t19-,20+,23-,25+,26+,27-,28-,29+,30-,32-,33-/m1/s1. The average molecular weight is 671 g/mol. The van der Waals surface area contributed by atoms with Crippen LogP contribution in [0.2, 0.25) is 0 Å². The molecule has 3 aromatic carbocycles. The Morgan fingerprint density at radius 2 is 1.42 bits per heavy atom. The highest BCUT2D eigenvalue weighted by atomic mass is 16.7. The van der Waals surface area contributed by atoms with Crippen molar-refractivity contribution in [2.75, 3.05) is 6.61 Å². The number of fused-ring (bicyclic) bond motifs is 2. The molecule has 2 heterocycles. The summed E-state index contributed by atoms with van der Waals surface area (Å²) in [5.41, 5.74) is 0.00199. The van der Waals surface area contributed by atoms with E-state index in [2.05, 4.69) is 0 Å². The number of hydrogen-bond donors (Lipinski definition) is 9. The fraction of sp³-hybridized carbons (Fsp3) is 0.394. The largest absolute Gasteiger partial charge is 0.508 e. The number of hydrogen-bond acceptors (Lipinski definition) is 15. The quantitative estimate of drug-likeness (QED) is 0.142. The van der Waals surface area contributed by atoms with Crippen molar-refractivity contribution in [3.8, 4) is 17.2 Å². The molecule has 3 aliphatic rings. The van der Waals surface area contributed by atoms with Crippen molar-refractivity contribution in [1.82, 2.24) is 0 Å². The third kappa shape index (κ3) is 5.78. The molecule has 1 aliphatic carbocycles. The third-order valence-corrected chi connectivity index (χ3v) is 8.79. The van der Waals surface area contributed by atoms with Gasteiger partial charge < -0.3 is 64.9 Å². The van der Waals surface area contributed by atoms with E-state index < -0.39 is 97.2 Å². The van der Waals surface area contributed by atoms with Crippen molar-refractivity contribution in [2.45, 2.75) is 74.3 Å². The van der Waals surface area contributed by atoms with E-state index in [0.29, 0.717) is 5.56 Å². The van der Waals surface area contributed by atoms with E-state index in [0.717, 1.165) is 12.1 Å². The summed E-state index contributed by atoms with van der Waals surface area (Å²) in [7, 11) is 0. The minimum absolute atomic E-state index is 0.0461. The van der Waals surface area contributed by atoms with Gasteiger partial charge in [0.15, 0.2) is 0 Å². The molecule has 0 radical (unpaired) electrons. The summed E-state index contributed by atoms with van der Waals surface area (Å²) >= 11 is 0. The Kier molecular flexibility index (Phi) is 9.16. The van der Waals surface area contributed by atoms with Crippen molar-refractivity contribution >= 4 is 11.8 Å². The van der Waals surface area contributed by atoms with Gasteiger partial charge in [0, 0.05) is 12.0 Å². The van der Waals surface area contributed by atoms with Crippen LogP contribution in [-0.4, -0.2) is 126 Å². The van der Waals surface area contributed by atoms with Gasteiger partial charge in [-0.25, -0.2) is 4.79 Å². The first-order valence-corrected chi connectivity index (χ1v) is 15.0. The van der Waals surface area contributed by atoms with Crippen molar-refractivity contribution in [3.63, 3.8) is 0 Å². The minimum Gasteiger partial charge on any atom is -0.508 e. The number of carbonyl (C=O) groups excluding carboxylic acids is 2. The average Bonchev–Trinajstić information content (AvgIpc) is 3.05. The fourth-order valence-corrected chi connectivity index (χ4v) is 6.42. The van der Waals surface area contributed by atoms with Crippen LogP contribution in [-0.2, 0) is 14.2 Å². The predicted octanol–water partition coefficient (Wildman–Crippen LogP) is -1.07. The van der Waals surface area contributed by atoms with E-state index in [1.54, 1.807) is 25.1 Å². The Morgan fingerprint density at radius 1 is 0.771 bits per heavy atom. The molecule has 48 heavy (non-hydrogen) atoms. The van der Waals surface area contributed by atoms with Gasteiger partial charge >= 0.3 is 5.97 Å². The van der Waals surface area contributed by atoms with Gasteiger partial charge in [0.1, 0.15) is 66.1 Å². The lowest BCUT2D eigenvalue weighted by Gasteiger charge is -2.45. The van der Waals surface area contributed by atoms with Crippen LogP contribution in [0.1, 0.15) is 48.9 Å². The SMILES string of the molecule is Cc1cc(O[C@@H]2O[C@H](CO)[C@@H](O)[C@H](O)[C@H]2O)c2c(c1)[C@H]([C@H]1O[C@H](OC(=O)c3ccccc3)[C@@H](O)[C@@H](O)[C@H]1O)c1cc(O)cc(O)c1C2=O. The van der Waals surface area contributed by atoms with Crippen LogP contribution in [0.25, 0.3) is 0 Å². The van der Waals surface area contributed by atoms with E-state index >= 15 is 0 Å². The Balaban J connectivity index is 1.45. The number of aromatic hydroxyl groups is 2. The second-order valence-corrected chi connectivity index (χ2v) is 12.0. The molecule has 15 nitrogen and oxygen atoms in total. The molecule has 9 N–H and O–H groups in total. The van der Waals surface area contributed by atoms with E-state index in [-0.39, 0.29) is 33.6 Å². The van der Waals surface area contributed by atoms with Crippen LogP contribution < -0.4 is 4.74 Å². The zero-order valence-corrected chi connectivity index (χ0v) is 25.2. The molecule has 15 heteroatoms. The lowest BCUT2D eigenvalue weighted by atomic mass is 9.71. The topological polar surface area (TPSA) is 253 Å². The molecule has 0 bridgehead atoms. The zero-order chi connectivity index (χ0) is 34.6. The van der Waals surface area contributed by atoms with Crippen molar-refractivity contribution in [3.05, 3.63) is 88.0 Å². The molecule has 0 aromatic heterocycles. The van der Waals surface area contributed by atoms with Gasteiger partial charge in [-0.15, -0.1) is 0 Å². The highest BCUT2D eigenvalue weighted by Gasteiger charge is 2.52. The normalized spacial score (nSPS) is 33.0. The lowest BCUT2D eigenvalue weighted by molar-refractivity contribution is -0.282. The minimum atomic E-state index is -1.94. The van der Waals surface area contributed by atoms with Crippen LogP contribution >= 0.6 is 0 Å². The third-order valence-electron chi connectivity index (χ3n) is 8.79. The smallest absolute Gasteiger partial charge is 0.340 e. The summed E-state index contributed by atoms with van der Waals surface area (Å²) in [5.74, 6) is -4.41. The number of ether oxygens (including phenoxy) is 4. The number of aryl methyl sites for hydroxylation is 1. The van der Waals surface area contributed by atoms with Crippen LogP contribution in [0.5, 0.6) is 17.2 Å². The molecule has 0 saturated carbocycles. The molecule has 11 atom stereocenters. The number of phenolic OH excluding ortho intramolecular Hbond substituents is 2. The number of carbonyl (C=O) groups is 2. The number of aliphatic hydroxyl groups excluding tert-OH is 7. The maximum Gasteiger partial charge on any atom is 0.340 e. The number of esters is 1. The first kappa shape index (κ1) is 33.7. The predicted molar refractivity (Wildman–Crippen MR) is 159 cm³/mol. The van der Waals surface area contributed by atoms with Crippen molar-refractivity contribution in [1.29, 1.82) is 0 Å². The van der Waals surface area contributed by atoms with Crippen LogP contribution in [0.15, 0.2) is 54.6 Å². The Bertz CT molecular complexity index is 1690. The van der Waals surface area contributed by atoms with Crippen molar-refractivity contribution in [2.24, 2.45) is 0 Å². The summed E-state index contributed by atoms with van der Waals surface area (Å²) in [6.07, 6.45) is -17.5. The van der Waals surface area contributed by atoms with Gasteiger partial charge in [0.2, 0.25) is 18.4 Å². The van der Waals surface area contributed by atoms with E-state index in [9.17, 15) is 55.5 Å². The molecule has 2 fully saturated rings. The number of benzene rings is 3. The summed E-state index contributed by atoms with van der Waals surface area (Å²) < 4.78 is 22.7. The van der Waals surface area contributed by atoms with Gasteiger partial charge in [-0.1, -0.05) is 24.3 Å². The van der Waals surface area contributed by atoms with Gasteiger partial charge in [0.05, 0.1) is 23.3 Å². The molecule has 6 rings (SSSR count). The van der Waals surface area contributed by atoms with E-state index in [1.807, 2.05) is 0 Å². The highest BCUT2D eigenvalue weighted by Crippen LogP contribution is 2.49. The zero-order valence-electron chi connectivity index (χ0n) is 25.2.